The summed E-state index contributed by atoms with van der Waals surface area (Å²) in [6, 6.07) is 12.9. The van der Waals surface area contributed by atoms with Crippen molar-refractivity contribution >= 4 is 0 Å². The van der Waals surface area contributed by atoms with Crippen LogP contribution < -0.4 is 4.74 Å². The van der Waals surface area contributed by atoms with E-state index < -0.39 is 0 Å². The van der Waals surface area contributed by atoms with Crippen molar-refractivity contribution in [1.82, 2.24) is 0 Å². The number of allylic oxidation sites excluding steroid dienone is 5. The van der Waals surface area contributed by atoms with Crippen LogP contribution in [0.5, 0.6) is 5.75 Å². The summed E-state index contributed by atoms with van der Waals surface area (Å²) in [5.74, 6) is 3.35. The second-order valence-corrected chi connectivity index (χ2v) is 10.0. The van der Waals surface area contributed by atoms with Gasteiger partial charge in [-0.25, -0.2) is 0 Å². The summed E-state index contributed by atoms with van der Waals surface area (Å²) in [7, 11) is 0. The zero-order chi connectivity index (χ0) is 24.2. The molecule has 0 bridgehead atoms. The molecule has 2 fully saturated rings. The van der Waals surface area contributed by atoms with E-state index in [0.29, 0.717) is 6.61 Å². The Bertz CT molecular complexity index is 1120. The standard InChI is InChI=1S/C32H38O2/c1-7-30-27(18-28-19-31(28)30)16-24(6)34-20-25-11-8-12-26(17-25)32-22(4)14-29(15-23(32)5)33-13-9-10-21(2)3/h7-8,11-12,14-17,28,31H,2,6,9-10,13,18-20H2,1,3-5H3/b27-16-,30-7+. The Labute approximate surface area is 205 Å². The van der Waals surface area contributed by atoms with Gasteiger partial charge in [0, 0.05) is 0 Å². The van der Waals surface area contributed by atoms with Crippen molar-refractivity contribution in [2.75, 3.05) is 6.61 Å². The van der Waals surface area contributed by atoms with Crippen LogP contribution in [0.15, 0.2) is 84.2 Å². The van der Waals surface area contributed by atoms with Gasteiger partial charge in [-0.3, -0.25) is 0 Å². The van der Waals surface area contributed by atoms with Crippen molar-refractivity contribution in [2.24, 2.45) is 11.8 Å². The second-order valence-electron chi connectivity index (χ2n) is 10.0. The number of hydrogen-bond donors (Lipinski definition) is 0. The minimum Gasteiger partial charge on any atom is -0.494 e. The molecule has 2 unspecified atom stereocenters. The number of fused-ring (bicyclic) bond motifs is 1. The predicted octanol–water partition coefficient (Wildman–Crippen LogP) is 8.65. The predicted molar refractivity (Wildman–Crippen MR) is 143 cm³/mol. The van der Waals surface area contributed by atoms with Gasteiger partial charge in [-0.05, 0) is 128 Å². The van der Waals surface area contributed by atoms with Crippen LogP contribution in [0.4, 0.5) is 0 Å². The lowest BCUT2D eigenvalue weighted by Crippen LogP contribution is -1.99. The van der Waals surface area contributed by atoms with Gasteiger partial charge < -0.3 is 9.47 Å². The summed E-state index contributed by atoms with van der Waals surface area (Å²) in [6.45, 7) is 17.9. The highest BCUT2D eigenvalue weighted by atomic mass is 16.5. The fraction of sp³-hybridized carbons (Fsp3) is 0.375. The minimum atomic E-state index is 0.524. The number of aryl methyl sites for hydroxylation is 2. The summed E-state index contributed by atoms with van der Waals surface area (Å²) >= 11 is 0. The molecular formula is C32H38O2. The molecule has 178 valence electrons. The largest absolute Gasteiger partial charge is 0.494 e. The molecule has 2 atom stereocenters. The molecule has 2 aliphatic carbocycles. The lowest BCUT2D eigenvalue weighted by molar-refractivity contribution is 0.212. The van der Waals surface area contributed by atoms with Crippen LogP contribution in [-0.4, -0.2) is 6.61 Å². The Morgan fingerprint density at radius 2 is 1.88 bits per heavy atom. The first-order chi connectivity index (χ1) is 16.4. The summed E-state index contributed by atoms with van der Waals surface area (Å²) in [6.07, 6.45) is 8.95. The van der Waals surface area contributed by atoms with Gasteiger partial charge in [0.25, 0.3) is 0 Å². The Hall–Kier alpha value is -3.00. The lowest BCUT2D eigenvalue weighted by atomic mass is 9.94. The minimum absolute atomic E-state index is 0.524. The van der Waals surface area contributed by atoms with E-state index in [1.807, 2.05) is 0 Å². The van der Waals surface area contributed by atoms with Crippen LogP contribution in [0.1, 0.15) is 56.2 Å². The van der Waals surface area contributed by atoms with Crippen LogP contribution in [0, 0.1) is 25.7 Å². The lowest BCUT2D eigenvalue weighted by Gasteiger charge is -2.15. The topological polar surface area (TPSA) is 18.5 Å². The van der Waals surface area contributed by atoms with E-state index in [4.69, 9.17) is 9.47 Å². The molecule has 0 heterocycles. The highest BCUT2D eigenvalue weighted by Gasteiger charge is 2.46. The molecule has 2 nitrogen and oxygen atoms in total. The van der Waals surface area contributed by atoms with E-state index in [9.17, 15) is 0 Å². The molecule has 34 heavy (non-hydrogen) atoms. The third-order valence-corrected chi connectivity index (χ3v) is 6.98. The third kappa shape index (κ3) is 5.73. The summed E-state index contributed by atoms with van der Waals surface area (Å²) in [5, 5.41) is 0. The van der Waals surface area contributed by atoms with Crippen LogP contribution in [-0.2, 0) is 11.3 Å². The van der Waals surface area contributed by atoms with Crippen molar-refractivity contribution in [3.63, 3.8) is 0 Å². The molecule has 0 aromatic heterocycles. The van der Waals surface area contributed by atoms with Crippen molar-refractivity contribution in [2.45, 2.75) is 60.0 Å². The average molecular weight is 455 g/mol. The molecule has 0 saturated heterocycles. The van der Waals surface area contributed by atoms with Crippen LogP contribution in [0.3, 0.4) is 0 Å². The van der Waals surface area contributed by atoms with Crippen LogP contribution >= 0.6 is 0 Å². The zero-order valence-corrected chi connectivity index (χ0v) is 21.2. The molecule has 2 aliphatic rings. The number of ether oxygens (including phenoxy) is 2. The first-order valence-corrected chi connectivity index (χ1v) is 12.5. The molecule has 2 aromatic rings. The number of rotatable bonds is 10. The highest BCUT2D eigenvalue weighted by molar-refractivity contribution is 5.72. The molecule has 2 saturated carbocycles. The van der Waals surface area contributed by atoms with E-state index in [1.165, 1.54) is 51.8 Å². The fourth-order valence-corrected chi connectivity index (χ4v) is 5.29. The molecule has 0 aliphatic heterocycles. The van der Waals surface area contributed by atoms with Crippen LogP contribution in [0.2, 0.25) is 0 Å². The molecule has 4 rings (SSSR count). The van der Waals surface area contributed by atoms with Gasteiger partial charge in [0.1, 0.15) is 18.1 Å². The maximum absolute atomic E-state index is 6.05. The normalized spacial score (nSPS) is 20.9. The Balaban J connectivity index is 1.40. The zero-order valence-electron chi connectivity index (χ0n) is 21.2. The number of hydrogen-bond acceptors (Lipinski definition) is 2. The average Bonchev–Trinajstić information content (AvgIpc) is 3.46. The quantitative estimate of drug-likeness (QED) is 0.203. The second kappa shape index (κ2) is 10.5. The van der Waals surface area contributed by atoms with Crippen molar-refractivity contribution in [3.05, 3.63) is 101 Å². The molecule has 2 heteroatoms. The molecular weight excluding hydrogens is 416 g/mol. The highest BCUT2D eigenvalue weighted by Crippen LogP contribution is 2.57. The Morgan fingerprint density at radius 1 is 1.12 bits per heavy atom. The van der Waals surface area contributed by atoms with Crippen molar-refractivity contribution < 1.29 is 9.47 Å². The smallest absolute Gasteiger partial charge is 0.119 e. The molecule has 0 amide bonds. The molecule has 2 aromatic carbocycles. The summed E-state index contributed by atoms with van der Waals surface area (Å²) in [4.78, 5) is 0. The van der Waals surface area contributed by atoms with E-state index >= 15 is 0 Å². The van der Waals surface area contributed by atoms with Gasteiger partial charge in [0.15, 0.2) is 0 Å². The Kier molecular flexibility index (Phi) is 7.46. The van der Waals surface area contributed by atoms with Gasteiger partial charge in [-0.1, -0.05) is 36.4 Å². The van der Waals surface area contributed by atoms with E-state index in [1.54, 1.807) is 0 Å². The van der Waals surface area contributed by atoms with Gasteiger partial charge in [-0.2, -0.15) is 0 Å². The first kappa shape index (κ1) is 24.1. The van der Waals surface area contributed by atoms with E-state index in [2.05, 4.69) is 89.4 Å². The fourth-order valence-electron chi connectivity index (χ4n) is 5.29. The molecule has 0 spiro atoms. The van der Waals surface area contributed by atoms with E-state index in [0.717, 1.165) is 48.4 Å². The van der Waals surface area contributed by atoms with Crippen molar-refractivity contribution in [1.29, 1.82) is 0 Å². The van der Waals surface area contributed by atoms with Gasteiger partial charge >= 0.3 is 0 Å². The third-order valence-electron chi connectivity index (χ3n) is 6.98. The maximum atomic E-state index is 6.05. The van der Waals surface area contributed by atoms with Crippen LogP contribution in [0.25, 0.3) is 11.1 Å². The molecule has 0 N–H and O–H groups in total. The summed E-state index contributed by atoms with van der Waals surface area (Å²) < 4.78 is 12.0. The molecule has 0 radical (unpaired) electrons. The first-order valence-electron chi connectivity index (χ1n) is 12.5. The summed E-state index contributed by atoms with van der Waals surface area (Å²) in [5.41, 5.74) is 10.2. The van der Waals surface area contributed by atoms with Gasteiger partial charge in [-0.15, -0.1) is 6.58 Å². The maximum Gasteiger partial charge on any atom is 0.119 e. The monoisotopic (exact) mass is 454 g/mol. The number of benzene rings is 2. The van der Waals surface area contributed by atoms with Crippen molar-refractivity contribution in [3.8, 4) is 16.9 Å². The Morgan fingerprint density at radius 3 is 2.59 bits per heavy atom. The van der Waals surface area contributed by atoms with Gasteiger partial charge in [0.05, 0.1) is 6.61 Å². The van der Waals surface area contributed by atoms with E-state index in [-0.39, 0.29) is 0 Å². The van der Waals surface area contributed by atoms with Gasteiger partial charge in [0.2, 0.25) is 0 Å². The SMILES string of the molecule is C=C(C)CCCOc1cc(C)c(-c2cccc(COC(=C)/C=C3/CC4CC4/C3=C/C)c2)c(C)c1.